The minimum absolute atomic E-state index is 0.0170. The summed E-state index contributed by atoms with van der Waals surface area (Å²) in [5.41, 5.74) is 7.78. The first-order valence-electron chi connectivity index (χ1n) is 10.5. The highest BCUT2D eigenvalue weighted by molar-refractivity contribution is 5.98. The molecule has 0 aliphatic rings. The fraction of sp³-hybridized carbons (Fsp3) is 0.217. The Kier molecular flexibility index (Phi) is 6.39. The number of ether oxygens (including phenoxy) is 2. The molecule has 0 saturated heterocycles. The van der Waals surface area contributed by atoms with Crippen molar-refractivity contribution in [2.24, 2.45) is 0 Å². The van der Waals surface area contributed by atoms with Crippen molar-refractivity contribution in [2.45, 2.75) is 26.3 Å². The van der Waals surface area contributed by atoms with Crippen LogP contribution in [0.15, 0.2) is 42.6 Å². The summed E-state index contributed by atoms with van der Waals surface area (Å²) in [7, 11) is 1.34. The third-order valence-electron chi connectivity index (χ3n) is 5.30. The second kappa shape index (κ2) is 9.32. The number of alkyl halides is 3. The molecule has 0 aliphatic heterocycles. The number of halogens is 4. The number of carbonyl (C=O) groups excluding carboxylic acids is 1. The Bertz CT molecular complexity index is 1450. The average molecular weight is 504 g/mol. The van der Waals surface area contributed by atoms with Crippen LogP contribution in [0.25, 0.3) is 16.8 Å². The van der Waals surface area contributed by atoms with Crippen LogP contribution in [0.5, 0.6) is 11.6 Å². The number of nitrogens with zero attached hydrogens (tertiary/aromatic N) is 4. The molecule has 0 bridgehead atoms. The molecule has 3 N–H and O–H groups in total. The van der Waals surface area contributed by atoms with Crippen molar-refractivity contribution in [2.75, 3.05) is 12.8 Å². The Morgan fingerprint density at radius 3 is 2.61 bits per heavy atom. The second-order valence-corrected chi connectivity index (χ2v) is 7.79. The van der Waals surface area contributed by atoms with E-state index in [4.69, 9.17) is 10.5 Å². The third-order valence-corrected chi connectivity index (χ3v) is 5.30. The molecule has 9 nitrogen and oxygen atoms in total. The van der Waals surface area contributed by atoms with E-state index in [1.165, 1.54) is 18.5 Å². The summed E-state index contributed by atoms with van der Waals surface area (Å²) in [4.78, 5) is 21.6. The van der Waals surface area contributed by atoms with Crippen LogP contribution in [0.2, 0.25) is 0 Å². The van der Waals surface area contributed by atoms with Crippen LogP contribution in [-0.4, -0.2) is 39.0 Å². The quantitative estimate of drug-likeness (QED) is 0.378. The third kappa shape index (κ3) is 5.14. The first kappa shape index (κ1) is 24.7. The molecule has 1 amide bonds. The number of aromatic nitrogens is 4. The minimum Gasteiger partial charge on any atom is -0.480 e. The van der Waals surface area contributed by atoms with Crippen LogP contribution < -0.4 is 20.5 Å². The maximum atomic E-state index is 14.4. The summed E-state index contributed by atoms with van der Waals surface area (Å²) < 4.78 is 62.7. The summed E-state index contributed by atoms with van der Waals surface area (Å²) >= 11 is 0. The lowest BCUT2D eigenvalue weighted by Gasteiger charge is -2.18. The number of hydrogen-bond donors (Lipinski definition) is 2. The number of anilines is 1. The average Bonchev–Trinajstić information content (AvgIpc) is 3.18. The van der Waals surface area contributed by atoms with Crippen molar-refractivity contribution < 1.29 is 31.8 Å². The molecule has 1 unspecified atom stereocenters. The van der Waals surface area contributed by atoms with E-state index in [0.29, 0.717) is 22.5 Å². The molecule has 4 aromatic rings. The maximum absolute atomic E-state index is 14.4. The van der Waals surface area contributed by atoms with Crippen molar-refractivity contribution >= 4 is 17.5 Å². The molecule has 1 aromatic carbocycles. The first-order chi connectivity index (χ1) is 16.9. The molecule has 3 heterocycles. The second-order valence-electron chi connectivity index (χ2n) is 7.79. The van der Waals surface area contributed by atoms with Crippen LogP contribution in [-0.2, 0) is 0 Å². The van der Waals surface area contributed by atoms with E-state index < -0.39 is 29.9 Å². The monoisotopic (exact) mass is 504 g/mol. The fourth-order valence-electron chi connectivity index (χ4n) is 3.66. The van der Waals surface area contributed by atoms with E-state index in [2.05, 4.69) is 25.1 Å². The molecular formula is C23H20F4N6O3. The number of nitrogens with two attached hydrogens (primary N) is 1. The van der Waals surface area contributed by atoms with Gasteiger partial charge in [-0.25, -0.2) is 13.9 Å². The number of benzene rings is 1. The first-order valence-corrected chi connectivity index (χ1v) is 10.5. The van der Waals surface area contributed by atoms with Gasteiger partial charge >= 0.3 is 6.36 Å². The van der Waals surface area contributed by atoms with E-state index in [-0.39, 0.29) is 23.0 Å². The number of carbonyl (C=O) groups is 1. The van der Waals surface area contributed by atoms with E-state index >= 15 is 0 Å². The maximum Gasteiger partial charge on any atom is 0.573 e. The van der Waals surface area contributed by atoms with Crippen molar-refractivity contribution in [3.63, 3.8) is 0 Å². The summed E-state index contributed by atoms with van der Waals surface area (Å²) in [6.45, 7) is 3.15. The number of rotatable bonds is 6. The van der Waals surface area contributed by atoms with Crippen LogP contribution in [0, 0.1) is 12.7 Å². The molecule has 3 aromatic heterocycles. The van der Waals surface area contributed by atoms with Gasteiger partial charge in [0.1, 0.15) is 17.1 Å². The molecule has 188 valence electrons. The zero-order valence-corrected chi connectivity index (χ0v) is 19.2. The standard InChI is InChI=1S/C23H20F4N6O3/c1-11-15(13-6-7-33-19(8-13)31-22(28)32-33)10-17(21(30-11)35-3)20(34)29-12(2)16-9-14(4-5-18(16)24)36-23(25,26)27/h4-10,12H,1-3H3,(H2,28,32)(H,29,34). The SMILES string of the molecule is COc1nc(C)c(-c2ccn3nc(N)nc3c2)cc1C(=O)NC(C)c1cc(OC(F)(F)F)ccc1F. The summed E-state index contributed by atoms with van der Waals surface area (Å²) in [5.74, 6) is -1.98. The number of fused-ring (bicyclic) bond motifs is 1. The number of hydrogen-bond acceptors (Lipinski definition) is 7. The zero-order chi connectivity index (χ0) is 26.2. The predicted octanol–water partition coefficient (Wildman–Crippen LogP) is 4.22. The van der Waals surface area contributed by atoms with Crippen molar-refractivity contribution in [3.8, 4) is 22.8 Å². The van der Waals surface area contributed by atoms with E-state index in [1.807, 2.05) is 0 Å². The van der Waals surface area contributed by atoms with Gasteiger partial charge in [0, 0.05) is 23.0 Å². The highest BCUT2D eigenvalue weighted by Gasteiger charge is 2.31. The Hall–Kier alpha value is -4.42. The summed E-state index contributed by atoms with van der Waals surface area (Å²) in [6.07, 6.45) is -3.29. The molecule has 1 atom stereocenters. The van der Waals surface area contributed by atoms with Crippen LogP contribution >= 0.6 is 0 Å². The normalized spacial score (nSPS) is 12.4. The highest BCUT2D eigenvalue weighted by atomic mass is 19.4. The lowest BCUT2D eigenvalue weighted by atomic mass is 10.0. The van der Waals surface area contributed by atoms with Gasteiger partial charge in [-0.2, -0.15) is 4.98 Å². The molecule has 0 fully saturated rings. The van der Waals surface area contributed by atoms with Crippen LogP contribution in [0.4, 0.5) is 23.5 Å². The Morgan fingerprint density at radius 2 is 1.92 bits per heavy atom. The van der Waals surface area contributed by atoms with Gasteiger partial charge < -0.3 is 20.5 Å². The lowest BCUT2D eigenvalue weighted by Crippen LogP contribution is -2.28. The Morgan fingerprint density at radius 1 is 1.17 bits per heavy atom. The predicted molar refractivity (Wildman–Crippen MR) is 121 cm³/mol. The zero-order valence-electron chi connectivity index (χ0n) is 19.2. The highest BCUT2D eigenvalue weighted by Crippen LogP contribution is 2.30. The number of methoxy groups -OCH3 is 1. The van der Waals surface area contributed by atoms with Gasteiger partial charge in [0.25, 0.3) is 5.91 Å². The van der Waals surface area contributed by atoms with Gasteiger partial charge in [-0.05, 0) is 55.8 Å². The summed E-state index contributed by atoms with van der Waals surface area (Å²) in [5, 5.41) is 6.59. The van der Waals surface area contributed by atoms with Gasteiger partial charge in [-0.1, -0.05) is 0 Å². The fourth-order valence-corrected chi connectivity index (χ4v) is 3.66. The van der Waals surface area contributed by atoms with E-state index in [1.54, 1.807) is 31.3 Å². The molecule has 0 aliphatic carbocycles. The molecule has 0 saturated carbocycles. The topological polar surface area (TPSA) is 117 Å². The van der Waals surface area contributed by atoms with Gasteiger partial charge in [-0.15, -0.1) is 18.3 Å². The smallest absolute Gasteiger partial charge is 0.480 e. The number of pyridine rings is 2. The van der Waals surface area contributed by atoms with E-state index in [9.17, 15) is 22.4 Å². The van der Waals surface area contributed by atoms with Crippen LogP contribution in [0.3, 0.4) is 0 Å². The molecule has 13 heteroatoms. The van der Waals surface area contributed by atoms with Crippen LogP contribution in [0.1, 0.15) is 34.6 Å². The van der Waals surface area contributed by atoms with Gasteiger partial charge in [0.15, 0.2) is 5.65 Å². The Balaban J connectivity index is 1.66. The molecule has 0 radical (unpaired) electrons. The summed E-state index contributed by atoms with van der Waals surface area (Å²) in [6, 6.07) is 6.55. The van der Waals surface area contributed by atoms with Gasteiger partial charge in [-0.3, -0.25) is 4.79 Å². The minimum atomic E-state index is -4.94. The number of amides is 1. The van der Waals surface area contributed by atoms with Crippen molar-refractivity contribution in [3.05, 3.63) is 65.2 Å². The van der Waals surface area contributed by atoms with Crippen molar-refractivity contribution in [1.29, 1.82) is 0 Å². The number of aryl methyl sites for hydroxylation is 1. The van der Waals surface area contributed by atoms with E-state index in [0.717, 1.165) is 18.2 Å². The van der Waals surface area contributed by atoms with Crippen molar-refractivity contribution in [1.82, 2.24) is 24.9 Å². The molecule has 36 heavy (non-hydrogen) atoms. The number of nitrogens with one attached hydrogen (secondary N) is 1. The van der Waals surface area contributed by atoms with Gasteiger partial charge in [0.2, 0.25) is 11.8 Å². The lowest BCUT2D eigenvalue weighted by molar-refractivity contribution is -0.274. The van der Waals surface area contributed by atoms with Gasteiger partial charge in [0.05, 0.1) is 13.2 Å². The number of nitrogen functional groups attached to an aromatic ring is 1. The molecule has 4 rings (SSSR count). The largest absolute Gasteiger partial charge is 0.573 e. The molecule has 0 spiro atoms. The Labute approximate surface area is 201 Å². The molecular weight excluding hydrogens is 484 g/mol.